The van der Waals surface area contributed by atoms with E-state index in [1.165, 1.54) is 4.90 Å². The van der Waals surface area contributed by atoms with Gasteiger partial charge in [0.2, 0.25) is 5.91 Å². The third-order valence-electron chi connectivity index (χ3n) is 5.43. The largest absolute Gasteiger partial charge is 0.445 e. The molecule has 1 aliphatic rings. The van der Waals surface area contributed by atoms with E-state index >= 15 is 0 Å². The number of hydrogen-bond acceptors (Lipinski definition) is 4. The van der Waals surface area contributed by atoms with E-state index in [9.17, 15) is 14.7 Å². The van der Waals surface area contributed by atoms with Gasteiger partial charge in [0.15, 0.2) is 0 Å². The predicted octanol–water partition coefficient (Wildman–Crippen LogP) is 3.97. The molecular weight excluding hydrogens is 368 g/mol. The summed E-state index contributed by atoms with van der Waals surface area (Å²) in [6.45, 7) is 6.11. The lowest BCUT2D eigenvalue weighted by molar-refractivity contribution is -0.138. The average Bonchev–Trinajstić information content (AvgIpc) is 3.13. The molecule has 1 heterocycles. The number of rotatable bonds is 11. The molecule has 1 aromatic rings. The molecule has 1 unspecified atom stereocenters. The molecule has 0 radical (unpaired) electrons. The minimum absolute atomic E-state index is 0.154. The highest BCUT2D eigenvalue weighted by molar-refractivity contribution is 5.87. The number of benzene rings is 1. The van der Waals surface area contributed by atoms with Crippen LogP contribution in [0.3, 0.4) is 0 Å². The van der Waals surface area contributed by atoms with Crippen LogP contribution in [-0.2, 0) is 16.1 Å². The third kappa shape index (κ3) is 7.03. The van der Waals surface area contributed by atoms with E-state index in [4.69, 9.17) is 4.74 Å². The Morgan fingerprint density at radius 2 is 1.69 bits per heavy atom. The van der Waals surface area contributed by atoms with Gasteiger partial charge in [-0.3, -0.25) is 9.69 Å². The molecule has 2 atom stereocenters. The fourth-order valence-corrected chi connectivity index (χ4v) is 3.71. The summed E-state index contributed by atoms with van der Waals surface area (Å²) in [4.78, 5) is 29.1. The minimum Gasteiger partial charge on any atom is -0.445 e. The van der Waals surface area contributed by atoms with Gasteiger partial charge in [-0.1, -0.05) is 69.9 Å². The minimum atomic E-state index is -0.846. The topological polar surface area (TPSA) is 70.1 Å². The van der Waals surface area contributed by atoms with Crippen molar-refractivity contribution >= 4 is 12.0 Å². The summed E-state index contributed by atoms with van der Waals surface area (Å²) in [5.74, 6) is -0.154. The fraction of sp³-hybridized carbons (Fsp3) is 0.652. The lowest BCUT2D eigenvalue weighted by Crippen LogP contribution is -2.52. The summed E-state index contributed by atoms with van der Waals surface area (Å²) in [6.07, 6.45) is 5.20. The maximum Gasteiger partial charge on any atom is 0.410 e. The van der Waals surface area contributed by atoms with E-state index in [1.54, 1.807) is 0 Å². The zero-order chi connectivity index (χ0) is 21.1. The molecule has 1 fully saturated rings. The highest BCUT2D eigenvalue weighted by atomic mass is 16.6. The molecule has 1 aliphatic heterocycles. The van der Waals surface area contributed by atoms with Crippen LogP contribution in [0.25, 0.3) is 0 Å². The number of carbonyl (C=O) groups excluding carboxylic acids is 2. The van der Waals surface area contributed by atoms with Crippen molar-refractivity contribution < 1.29 is 19.4 Å². The van der Waals surface area contributed by atoms with Crippen molar-refractivity contribution in [3.05, 3.63) is 35.9 Å². The molecule has 6 nitrogen and oxygen atoms in total. The van der Waals surface area contributed by atoms with Gasteiger partial charge >= 0.3 is 6.09 Å². The van der Waals surface area contributed by atoms with Gasteiger partial charge < -0.3 is 14.7 Å². The van der Waals surface area contributed by atoms with Crippen LogP contribution in [0.4, 0.5) is 4.79 Å². The summed E-state index contributed by atoms with van der Waals surface area (Å²) in [5, 5.41) is 10.5. The van der Waals surface area contributed by atoms with Crippen molar-refractivity contribution in [3.63, 3.8) is 0 Å². The zero-order valence-corrected chi connectivity index (χ0v) is 17.9. The Hall–Kier alpha value is -2.08. The summed E-state index contributed by atoms with van der Waals surface area (Å²) in [7, 11) is 0. The highest BCUT2D eigenvalue weighted by Crippen LogP contribution is 2.22. The number of unbranched alkanes of at least 4 members (excludes halogenated alkanes) is 4. The molecule has 2 rings (SSSR count). The first kappa shape index (κ1) is 23.2. The van der Waals surface area contributed by atoms with Crippen molar-refractivity contribution in [2.45, 2.75) is 77.5 Å². The standard InChI is InChI=1S/C23H36N2O4/c1-3-5-10-15-24(16-11-6-4-2)22(27)21-20(26)14-17-25(21)23(28)29-18-19-12-8-7-9-13-19/h7-9,12-13,20-21,26H,3-6,10-11,14-18H2,1-2H3/t20?,21-/m0/s1. The lowest BCUT2D eigenvalue weighted by Gasteiger charge is -2.31. The molecule has 6 heteroatoms. The molecule has 29 heavy (non-hydrogen) atoms. The van der Waals surface area contributed by atoms with Gasteiger partial charge in [0.25, 0.3) is 0 Å². The zero-order valence-electron chi connectivity index (χ0n) is 17.9. The molecule has 1 N–H and O–H groups in total. The van der Waals surface area contributed by atoms with Crippen LogP contribution in [0.2, 0.25) is 0 Å². The first-order chi connectivity index (χ1) is 14.1. The Balaban J connectivity index is 2.01. The van der Waals surface area contributed by atoms with E-state index < -0.39 is 18.2 Å². The van der Waals surface area contributed by atoms with E-state index in [-0.39, 0.29) is 12.5 Å². The quantitative estimate of drug-likeness (QED) is 0.567. The molecule has 0 bridgehead atoms. The number of hydrogen-bond donors (Lipinski definition) is 1. The van der Waals surface area contributed by atoms with Crippen molar-refractivity contribution in [1.82, 2.24) is 9.80 Å². The van der Waals surface area contributed by atoms with Crippen LogP contribution < -0.4 is 0 Å². The second-order valence-corrected chi connectivity index (χ2v) is 7.77. The smallest absolute Gasteiger partial charge is 0.410 e. The summed E-state index contributed by atoms with van der Waals surface area (Å²) in [6, 6.07) is 8.61. The van der Waals surface area contributed by atoms with Gasteiger partial charge in [-0.2, -0.15) is 0 Å². The van der Waals surface area contributed by atoms with Gasteiger partial charge in [-0.25, -0.2) is 4.79 Å². The third-order valence-corrected chi connectivity index (χ3v) is 5.43. The summed E-state index contributed by atoms with van der Waals surface area (Å²) < 4.78 is 5.42. The predicted molar refractivity (Wildman–Crippen MR) is 113 cm³/mol. The molecule has 0 aliphatic carbocycles. The number of likely N-dealkylation sites (tertiary alicyclic amines) is 1. The summed E-state index contributed by atoms with van der Waals surface area (Å²) >= 11 is 0. The molecule has 0 saturated carbocycles. The van der Waals surface area contributed by atoms with Crippen LogP contribution in [-0.4, -0.2) is 58.7 Å². The van der Waals surface area contributed by atoms with Crippen molar-refractivity contribution in [1.29, 1.82) is 0 Å². The molecule has 1 aromatic carbocycles. The second kappa shape index (κ2) is 12.5. The number of ether oxygens (including phenoxy) is 1. The van der Waals surface area contributed by atoms with Gasteiger partial charge in [0.1, 0.15) is 12.6 Å². The Morgan fingerprint density at radius 3 is 2.28 bits per heavy atom. The molecule has 1 saturated heterocycles. The Kier molecular flexibility index (Phi) is 9.98. The maximum absolute atomic E-state index is 13.2. The summed E-state index contributed by atoms with van der Waals surface area (Å²) in [5.41, 5.74) is 0.893. The van der Waals surface area contributed by atoms with E-state index in [2.05, 4.69) is 13.8 Å². The monoisotopic (exact) mass is 404 g/mol. The molecule has 0 spiro atoms. The molecule has 0 aromatic heterocycles. The average molecular weight is 405 g/mol. The van der Waals surface area contributed by atoms with Crippen LogP contribution >= 0.6 is 0 Å². The van der Waals surface area contributed by atoms with E-state index in [0.29, 0.717) is 26.1 Å². The number of aliphatic hydroxyl groups is 1. The Morgan fingerprint density at radius 1 is 1.07 bits per heavy atom. The fourth-order valence-electron chi connectivity index (χ4n) is 3.71. The molecular formula is C23H36N2O4. The first-order valence-corrected chi connectivity index (χ1v) is 11.0. The number of nitrogens with zero attached hydrogens (tertiary/aromatic N) is 2. The van der Waals surface area contributed by atoms with Gasteiger partial charge in [-0.15, -0.1) is 0 Å². The van der Waals surface area contributed by atoms with Crippen molar-refractivity contribution in [2.75, 3.05) is 19.6 Å². The lowest BCUT2D eigenvalue weighted by atomic mass is 10.1. The number of amides is 2. The molecule has 2 amide bonds. The Bertz CT molecular complexity index is 613. The SMILES string of the molecule is CCCCCN(CCCCC)C(=O)[C@@H]1C(O)CCN1C(=O)OCc1ccccc1. The maximum atomic E-state index is 13.2. The number of carbonyl (C=O) groups is 2. The van der Waals surface area contributed by atoms with Crippen LogP contribution in [0.1, 0.15) is 64.4 Å². The van der Waals surface area contributed by atoms with Crippen molar-refractivity contribution in [3.8, 4) is 0 Å². The van der Waals surface area contributed by atoms with E-state index in [1.807, 2.05) is 35.2 Å². The second-order valence-electron chi connectivity index (χ2n) is 7.77. The highest BCUT2D eigenvalue weighted by Gasteiger charge is 2.43. The van der Waals surface area contributed by atoms with Gasteiger partial charge in [-0.05, 0) is 24.8 Å². The normalized spacial score (nSPS) is 18.7. The van der Waals surface area contributed by atoms with Crippen molar-refractivity contribution in [2.24, 2.45) is 0 Å². The van der Waals surface area contributed by atoms with Gasteiger partial charge in [0.05, 0.1) is 6.10 Å². The number of aliphatic hydroxyl groups excluding tert-OH is 1. The Labute approximate surface area is 174 Å². The first-order valence-electron chi connectivity index (χ1n) is 11.0. The molecule has 162 valence electrons. The van der Waals surface area contributed by atoms with E-state index in [0.717, 1.165) is 44.1 Å². The van der Waals surface area contributed by atoms with Crippen LogP contribution in [0.15, 0.2) is 30.3 Å². The van der Waals surface area contributed by atoms with Crippen LogP contribution in [0, 0.1) is 0 Å². The van der Waals surface area contributed by atoms with Crippen LogP contribution in [0.5, 0.6) is 0 Å². The van der Waals surface area contributed by atoms with Gasteiger partial charge in [0, 0.05) is 19.6 Å².